The summed E-state index contributed by atoms with van der Waals surface area (Å²) in [6.07, 6.45) is 0.886. The van der Waals surface area contributed by atoms with Gasteiger partial charge in [0.2, 0.25) is 5.91 Å². The molecule has 0 aromatic heterocycles. The van der Waals surface area contributed by atoms with Crippen molar-refractivity contribution in [2.75, 3.05) is 13.7 Å². The normalized spacial score (nSPS) is 24.8. The predicted octanol–water partition coefficient (Wildman–Crippen LogP) is 1.24. The van der Waals surface area contributed by atoms with Crippen LogP contribution in [-0.4, -0.2) is 31.7 Å². The predicted molar refractivity (Wildman–Crippen MR) is 70.2 cm³/mol. The Morgan fingerprint density at radius 1 is 1.44 bits per heavy atom. The van der Waals surface area contributed by atoms with Crippen LogP contribution in [0.3, 0.4) is 0 Å². The Balaban J connectivity index is 1.88. The van der Waals surface area contributed by atoms with Gasteiger partial charge in [-0.05, 0) is 18.9 Å². The Bertz CT molecular complexity index is 394. The molecule has 1 fully saturated rings. The van der Waals surface area contributed by atoms with Gasteiger partial charge in [-0.2, -0.15) is 0 Å². The van der Waals surface area contributed by atoms with Crippen LogP contribution in [-0.2, 0) is 9.53 Å². The fourth-order valence-corrected chi connectivity index (χ4v) is 2.22. The van der Waals surface area contributed by atoms with Crippen LogP contribution in [0.25, 0.3) is 0 Å². The number of carbonyl (C=O) groups is 1. The molecule has 2 rings (SSSR count). The molecular formula is C14H20N2O2. The molecule has 0 radical (unpaired) electrons. The third-order valence-electron chi connectivity index (χ3n) is 3.40. The van der Waals surface area contributed by atoms with Gasteiger partial charge >= 0.3 is 0 Å². The van der Waals surface area contributed by atoms with Crippen molar-refractivity contribution in [2.24, 2.45) is 0 Å². The molecule has 0 aliphatic carbocycles. The van der Waals surface area contributed by atoms with E-state index in [0.717, 1.165) is 18.5 Å². The minimum Gasteiger partial charge on any atom is -0.380 e. The minimum absolute atomic E-state index is 0.0297. The quantitative estimate of drug-likeness (QED) is 0.843. The van der Waals surface area contributed by atoms with Gasteiger partial charge in [-0.1, -0.05) is 30.3 Å². The van der Waals surface area contributed by atoms with Gasteiger partial charge in [0.25, 0.3) is 0 Å². The Morgan fingerprint density at radius 2 is 2.17 bits per heavy atom. The van der Waals surface area contributed by atoms with Crippen LogP contribution in [0, 0.1) is 0 Å². The SMILES string of the molecule is COC1CNC(C(=O)N[C@@H](C)c2ccccc2)C1. The van der Waals surface area contributed by atoms with E-state index in [1.807, 2.05) is 37.3 Å². The zero-order chi connectivity index (χ0) is 13.0. The number of amides is 1. The van der Waals surface area contributed by atoms with E-state index >= 15 is 0 Å². The summed E-state index contributed by atoms with van der Waals surface area (Å²) in [5, 5.41) is 6.20. The van der Waals surface area contributed by atoms with E-state index < -0.39 is 0 Å². The fourth-order valence-electron chi connectivity index (χ4n) is 2.22. The van der Waals surface area contributed by atoms with Crippen molar-refractivity contribution in [3.63, 3.8) is 0 Å². The largest absolute Gasteiger partial charge is 0.380 e. The van der Waals surface area contributed by atoms with Crippen molar-refractivity contribution in [2.45, 2.75) is 31.5 Å². The number of hydrogen-bond donors (Lipinski definition) is 2. The first-order valence-electron chi connectivity index (χ1n) is 6.32. The summed E-state index contributed by atoms with van der Waals surface area (Å²) < 4.78 is 5.24. The average Bonchev–Trinajstić information content (AvgIpc) is 2.88. The lowest BCUT2D eigenvalue weighted by Gasteiger charge is -2.17. The monoisotopic (exact) mass is 248 g/mol. The number of rotatable bonds is 4. The molecule has 0 saturated carbocycles. The van der Waals surface area contributed by atoms with E-state index in [2.05, 4.69) is 10.6 Å². The van der Waals surface area contributed by atoms with E-state index in [-0.39, 0.29) is 24.1 Å². The Hall–Kier alpha value is -1.39. The van der Waals surface area contributed by atoms with Gasteiger partial charge in [-0.15, -0.1) is 0 Å². The first kappa shape index (κ1) is 13.1. The summed E-state index contributed by atoms with van der Waals surface area (Å²) in [7, 11) is 1.68. The zero-order valence-corrected chi connectivity index (χ0v) is 10.8. The molecule has 1 aromatic rings. The molecule has 1 aliphatic rings. The number of methoxy groups -OCH3 is 1. The number of carbonyl (C=O) groups excluding carboxylic acids is 1. The Kier molecular flexibility index (Phi) is 4.33. The van der Waals surface area contributed by atoms with Gasteiger partial charge in [-0.3, -0.25) is 4.79 Å². The molecule has 4 nitrogen and oxygen atoms in total. The number of nitrogens with one attached hydrogen (secondary N) is 2. The summed E-state index contributed by atoms with van der Waals surface area (Å²) >= 11 is 0. The molecule has 2 unspecified atom stereocenters. The molecule has 98 valence electrons. The molecule has 4 heteroatoms. The topological polar surface area (TPSA) is 50.4 Å². The van der Waals surface area contributed by atoms with Crippen molar-refractivity contribution < 1.29 is 9.53 Å². The maximum Gasteiger partial charge on any atom is 0.237 e. The second-order valence-corrected chi connectivity index (χ2v) is 4.70. The van der Waals surface area contributed by atoms with Gasteiger partial charge in [0.05, 0.1) is 18.2 Å². The van der Waals surface area contributed by atoms with Crippen LogP contribution >= 0.6 is 0 Å². The van der Waals surface area contributed by atoms with Crippen molar-refractivity contribution in [1.82, 2.24) is 10.6 Å². The first-order chi connectivity index (χ1) is 8.70. The highest BCUT2D eigenvalue weighted by atomic mass is 16.5. The highest BCUT2D eigenvalue weighted by Crippen LogP contribution is 2.14. The smallest absolute Gasteiger partial charge is 0.237 e. The molecule has 3 atom stereocenters. The second kappa shape index (κ2) is 5.98. The standard InChI is InChI=1S/C14H20N2O2/c1-10(11-6-4-3-5-7-11)16-14(17)13-8-12(18-2)9-15-13/h3-7,10,12-13,15H,8-9H2,1-2H3,(H,16,17)/t10-,12?,13?/m0/s1. The molecule has 1 amide bonds. The molecule has 1 aromatic carbocycles. The summed E-state index contributed by atoms with van der Waals surface area (Å²) in [6, 6.07) is 9.86. The number of ether oxygens (including phenoxy) is 1. The maximum absolute atomic E-state index is 12.1. The van der Waals surface area contributed by atoms with Crippen molar-refractivity contribution >= 4 is 5.91 Å². The average molecular weight is 248 g/mol. The third kappa shape index (κ3) is 3.09. The van der Waals surface area contributed by atoms with Crippen LogP contribution in [0.1, 0.15) is 24.9 Å². The summed E-state index contributed by atoms with van der Waals surface area (Å²) in [5.41, 5.74) is 1.12. The molecule has 0 bridgehead atoms. The molecule has 2 N–H and O–H groups in total. The van der Waals surface area contributed by atoms with Crippen LogP contribution in [0.5, 0.6) is 0 Å². The number of benzene rings is 1. The molecule has 18 heavy (non-hydrogen) atoms. The van der Waals surface area contributed by atoms with Gasteiger partial charge in [0.1, 0.15) is 0 Å². The molecular weight excluding hydrogens is 228 g/mol. The van der Waals surface area contributed by atoms with E-state index in [1.165, 1.54) is 0 Å². The van der Waals surface area contributed by atoms with Crippen molar-refractivity contribution in [1.29, 1.82) is 0 Å². The lowest BCUT2D eigenvalue weighted by Crippen LogP contribution is -2.41. The van der Waals surface area contributed by atoms with Crippen molar-refractivity contribution in [3.8, 4) is 0 Å². The van der Waals surface area contributed by atoms with Crippen molar-refractivity contribution in [3.05, 3.63) is 35.9 Å². The lowest BCUT2D eigenvalue weighted by atomic mass is 10.1. The fraction of sp³-hybridized carbons (Fsp3) is 0.500. The Morgan fingerprint density at radius 3 is 2.78 bits per heavy atom. The van der Waals surface area contributed by atoms with E-state index in [0.29, 0.717) is 0 Å². The van der Waals surface area contributed by atoms with Gasteiger partial charge < -0.3 is 15.4 Å². The molecule has 0 spiro atoms. The van der Waals surface area contributed by atoms with Crippen LogP contribution in [0.4, 0.5) is 0 Å². The van der Waals surface area contributed by atoms with E-state index in [1.54, 1.807) is 7.11 Å². The Labute approximate surface area is 108 Å². The summed E-state index contributed by atoms with van der Waals surface area (Å²) in [6.45, 7) is 2.74. The molecule has 1 heterocycles. The highest BCUT2D eigenvalue weighted by Gasteiger charge is 2.29. The molecule has 1 aliphatic heterocycles. The van der Waals surface area contributed by atoms with Crippen LogP contribution in [0.15, 0.2) is 30.3 Å². The lowest BCUT2D eigenvalue weighted by molar-refractivity contribution is -0.123. The van der Waals surface area contributed by atoms with Crippen LogP contribution in [0.2, 0.25) is 0 Å². The summed E-state index contributed by atoms with van der Waals surface area (Å²) in [4.78, 5) is 12.1. The number of hydrogen-bond acceptors (Lipinski definition) is 3. The minimum atomic E-state index is -0.138. The summed E-state index contributed by atoms with van der Waals surface area (Å²) in [5.74, 6) is 0.0471. The molecule has 1 saturated heterocycles. The zero-order valence-electron chi connectivity index (χ0n) is 10.8. The van der Waals surface area contributed by atoms with Gasteiger partial charge in [-0.25, -0.2) is 0 Å². The second-order valence-electron chi connectivity index (χ2n) is 4.70. The highest BCUT2D eigenvalue weighted by molar-refractivity contribution is 5.82. The van der Waals surface area contributed by atoms with Gasteiger partial charge in [0.15, 0.2) is 0 Å². The van der Waals surface area contributed by atoms with Gasteiger partial charge in [0, 0.05) is 13.7 Å². The third-order valence-corrected chi connectivity index (χ3v) is 3.40. The van der Waals surface area contributed by atoms with Crippen LogP contribution < -0.4 is 10.6 Å². The van der Waals surface area contributed by atoms with E-state index in [4.69, 9.17) is 4.74 Å². The first-order valence-corrected chi connectivity index (χ1v) is 6.32. The maximum atomic E-state index is 12.1. The van der Waals surface area contributed by atoms with E-state index in [9.17, 15) is 4.79 Å².